The largest absolute Gasteiger partial charge is 0.461 e. The van der Waals surface area contributed by atoms with Crippen LogP contribution in [0.3, 0.4) is 0 Å². The Labute approximate surface area is 208 Å². The number of anilines is 1. The molecule has 4 aliphatic rings. The molecule has 0 aliphatic carbocycles. The summed E-state index contributed by atoms with van der Waals surface area (Å²) >= 11 is 0. The van der Waals surface area contributed by atoms with Crippen molar-refractivity contribution in [2.45, 2.75) is 30.6 Å². The molecule has 2 aromatic carbocycles. The second-order valence-corrected chi connectivity index (χ2v) is 9.79. The van der Waals surface area contributed by atoms with Gasteiger partial charge in [0.05, 0.1) is 12.5 Å². The number of fused-ring (bicyclic) bond motifs is 3. The van der Waals surface area contributed by atoms with E-state index in [4.69, 9.17) is 9.47 Å². The molecule has 0 saturated carbocycles. The molecule has 4 aliphatic heterocycles. The van der Waals surface area contributed by atoms with Crippen LogP contribution < -0.4 is 4.90 Å². The van der Waals surface area contributed by atoms with Gasteiger partial charge in [-0.2, -0.15) is 0 Å². The zero-order valence-corrected chi connectivity index (χ0v) is 20.0. The zero-order chi connectivity index (χ0) is 25.1. The summed E-state index contributed by atoms with van der Waals surface area (Å²) in [4.78, 5) is 44.4. The lowest BCUT2D eigenvalue weighted by Crippen LogP contribution is -2.56. The van der Waals surface area contributed by atoms with Gasteiger partial charge in [0.1, 0.15) is 29.8 Å². The summed E-state index contributed by atoms with van der Waals surface area (Å²) < 4.78 is 12.2. The van der Waals surface area contributed by atoms with Gasteiger partial charge in [0, 0.05) is 18.8 Å². The summed E-state index contributed by atoms with van der Waals surface area (Å²) in [6, 6.07) is 12.7. The molecule has 2 amide bonds. The molecule has 1 N–H and O–H groups in total. The van der Waals surface area contributed by atoms with Crippen LogP contribution in [0.4, 0.5) is 5.69 Å². The third-order valence-corrected chi connectivity index (χ3v) is 8.08. The van der Waals surface area contributed by atoms with E-state index in [9.17, 15) is 19.5 Å². The Balaban J connectivity index is 1.49. The predicted molar refractivity (Wildman–Crippen MR) is 132 cm³/mol. The molecule has 2 saturated heterocycles. The van der Waals surface area contributed by atoms with Crippen LogP contribution in [0.25, 0.3) is 10.8 Å². The third kappa shape index (κ3) is 3.04. The lowest BCUT2D eigenvalue weighted by Gasteiger charge is -2.38. The van der Waals surface area contributed by atoms with E-state index in [1.807, 2.05) is 61.5 Å². The molecule has 5 atom stereocenters. The first-order chi connectivity index (χ1) is 17.5. The average Bonchev–Trinajstić information content (AvgIpc) is 3.15. The van der Waals surface area contributed by atoms with E-state index in [1.165, 1.54) is 4.90 Å². The summed E-state index contributed by atoms with van der Waals surface area (Å²) in [5.41, 5.74) is -1.70. The van der Waals surface area contributed by atoms with Crippen molar-refractivity contribution < 1.29 is 29.0 Å². The molecular weight excluding hydrogens is 460 g/mol. The number of aliphatic hydroxyl groups excluding tert-OH is 1. The van der Waals surface area contributed by atoms with Crippen LogP contribution in [0.15, 0.2) is 66.8 Å². The van der Waals surface area contributed by atoms with Gasteiger partial charge in [-0.25, -0.2) is 0 Å². The minimum atomic E-state index is -1.35. The molecule has 8 nitrogen and oxygen atoms in total. The minimum Gasteiger partial charge on any atom is -0.461 e. The number of ether oxygens (including phenoxy) is 2. The van der Waals surface area contributed by atoms with Crippen molar-refractivity contribution >= 4 is 34.2 Å². The Morgan fingerprint density at radius 2 is 1.81 bits per heavy atom. The molecule has 36 heavy (non-hydrogen) atoms. The minimum absolute atomic E-state index is 0.0347. The predicted octanol–water partition coefficient (Wildman–Crippen LogP) is 2.21. The van der Waals surface area contributed by atoms with Crippen molar-refractivity contribution in [3.8, 4) is 0 Å². The number of carbonyl (C=O) groups is 3. The topological polar surface area (TPSA) is 96.4 Å². The average molecular weight is 489 g/mol. The van der Waals surface area contributed by atoms with Crippen LogP contribution in [0.5, 0.6) is 0 Å². The molecule has 0 aromatic heterocycles. The highest BCUT2D eigenvalue weighted by Crippen LogP contribution is 2.58. The van der Waals surface area contributed by atoms with Gasteiger partial charge in [-0.3, -0.25) is 14.4 Å². The molecule has 2 aromatic rings. The molecule has 2 fully saturated rings. The smallest absolute Gasteiger partial charge is 0.313 e. The fourth-order valence-electron chi connectivity index (χ4n) is 6.52. The first kappa shape index (κ1) is 22.9. The number of nitrogens with zero attached hydrogens (tertiary/aromatic N) is 2. The second kappa shape index (κ2) is 8.28. The van der Waals surface area contributed by atoms with Crippen LogP contribution in [-0.2, 0) is 23.9 Å². The summed E-state index contributed by atoms with van der Waals surface area (Å²) in [5, 5.41) is 11.9. The number of rotatable bonds is 4. The van der Waals surface area contributed by atoms with Crippen molar-refractivity contribution in [2.75, 3.05) is 31.2 Å². The molecule has 4 heterocycles. The van der Waals surface area contributed by atoms with E-state index in [-0.39, 0.29) is 38.1 Å². The molecule has 0 radical (unpaired) electrons. The molecule has 186 valence electrons. The lowest BCUT2D eigenvalue weighted by molar-refractivity contribution is -0.157. The fraction of sp³-hybridized carbons (Fsp3) is 0.393. The highest BCUT2D eigenvalue weighted by atomic mass is 16.6. The first-order valence-corrected chi connectivity index (χ1v) is 12.4. The van der Waals surface area contributed by atoms with Gasteiger partial charge >= 0.3 is 5.97 Å². The number of carbonyl (C=O) groups excluding carboxylic acids is 3. The van der Waals surface area contributed by atoms with Gasteiger partial charge in [0.25, 0.3) is 5.91 Å². The van der Waals surface area contributed by atoms with Crippen LogP contribution in [0.1, 0.15) is 13.3 Å². The number of β-amino-alcohol motifs (C(OH)–C–C–N with tert-alkyl or cyclic N) is 1. The van der Waals surface area contributed by atoms with Crippen LogP contribution in [0, 0.1) is 11.8 Å². The molecule has 0 bridgehead atoms. The number of amides is 2. The van der Waals surface area contributed by atoms with Gasteiger partial charge in [-0.05, 0) is 35.4 Å². The standard InChI is InChI=1S/C28H28N2O6/c1-2-27-11-6-16-35-26(34)22(27)21-24(32)30(14-15-31)23-25(33)29(13-5-12-28(21,23)36-27)20-10-9-18-7-3-4-8-19(18)17-20/h3-12,17,21-23,31H,2,13-16H2,1H3/t21-,22+,23?,27-,28-/m0/s1. The first-order valence-electron chi connectivity index (χ1n) is 12.4. The Morgan fingerprint density at radius 3 is 2.58 bits per heavy atom. The summed E-state index contributed by atoms with van der Waals surface area (Å²) in [6.07, 6.45) is 7.65. The van der Waals surface area contributed by atoms with Crippen LogP contribution in [0.2, 0.25) is 0 Å². The summed E-state index contributed by atoms with van der Waals surface area (Å²) in [7, 11) is 0. The fourth-order valence-corrected chi connectivity index (χ4v) is 6.52. The van der Waals surface area contributed by atoms with Gasteiger partial charge in [-0.1, -0.05) is 55.5 Å². The summed E-state index contributed by atoms with van der Waals surface area (Å²) in [5.74, 6) is -3.00. The number of aliphatic hydroxyl groups is 1. The Hall–Kier alpha value is -3.49. The van der Waals surface area contributed by atoms with Gasteiger partial charge in [0.2, 0.25) is 5.91 Å². The lowest BCUT2D eigenvalue weighted by atomic mass is 9.73. The zero-order valence-electron chi connectivity index (χ0n) is 20.0. The number of cyclic esters (lactones) is 1. The van der Waals surface area contributed by atoms with E-state index in [1.54, 1.807) is 17.1 Å². The second-order valence-electron chi connectivity index (χ2n) is 9.79. The molecule has 8 heteroatoms. The Morgan fingerprint density at radius 1 is 1.00 bits per heavy atom. The van der Waals surface area contributed by atoms with E-state index in [0.29, 0.717) is 12.1 Å². The van der Waals surface area contributed by atoms with Gasteiger partial charge < -0.3 is 24.4 Å². The van der Waals surface area contributed by atoms with Crippen LogP contribution in [-0.4, -0.2) is 71.3 Å². The normalized spacial score (nSPS) is 33.3. The molecule has 6 rings (SSSR count). The maximum atomic E-state index is 14.3. The van der Waals surface area contributed by atoms with Crippen molar-refractivity contribution in [3.05, 3.63) is 66.8 Å². The SMILES string of the molecule is CC[C@]12C=CCOC(=O)[C@H]1[C@H]1C(=O)N(CCO)C3C(=O)N(c4ccc5ccccc5c4)CC=C[C@@]31O2. The number of likely N-dealkylation sites (tertiary alicyclic amines) is 1. The van der Waals surface area contributed by atoms with Crippen molar-refractivity contribution in [2.24, 2.45) is 11.8 Å². The van der Waals surface area contributed by atoms with Gasteiger partial charge in [0.15, 0.2) is 0 Å². The number of hydrogen-bond acceptors (Lipinski definition) is 6. The highest BCUT2D eigenvalue weighted by molar-refractivity contribution is 6.06. The van der Waals surface area contributed by atoms with E-state index in [0.717, 1.165) is 10.8 Å². The molecule has 1 unspecified atom stereocenters. The number of hydrogen-bond donors (Lipinski definition) is 1. The monoisotopic (exact) mass is 488 g/mol. The maximum absolute atomic E-state index is 14.3. The third-order valence-electron chi connectivity index (χ3n) is 8.08. The van der Waals surface area contributed by atoms with E-state index in [2.05, 4.69) is 0 Å². The Bertz CT molecular complexity index is 1320. The van der Waals surface area contributed by atoms with Crippen molar-refractivity contribution in [1.29, 1.82) is 0 Å². The van der Waals surface area contributed by atoms with Crippen molar-refractivity contribution in [3.63, 3.8) is 0 Å². The van der Waals surface area contributed by atoms with E-state index >= 15 is 0 Å². The summed E-state index contributed by atoms with van der Waals surface area (Å²) in [6.45, 7) is 1.96. The molecular formula is C28H28N2O6. The Kier molecular flexibility index (Phi) is 5.28. The van der Waals surface area contributed by atoms with E-state index < -0.39 is 35.0 Å². The quantitative estimate of drug-likeness (QED) is 0.524. The highest BCUT2D eigenvalue weighted by Gasteiger charge is 2.75. The number of benzene rings is 2. The molecule has 1 spiro atoms. The number of esters is 1. The van der Waals surface area contributed by atoms with Crippen molar-refractivity contribution in [1.82, 2.24) is 4.90 Å². The van der Waals surface area contributed by atoms with Gasteiger partial charge in [-0.15, -0.1) is 0 Å². The maximum Gasteiger partial charge on any atom is 0.313 e. The van der Waals surface area contributed by atoms with Crippen LogP contribution >= 0.6 is 0 Å².